The van der Waals surface area contributed by atoms with Gasteiger partial charge in [0.25, 0.3) is 0 Å². The second kappa shape index (κ2) is 11.3. The largest absolute Gasteiger partial charge is 0.493 e. The lowest BCUT2D eigenvalue weighted by Crippen LogP contribution is -2.44. The Balaban J connectivity index is 1.38. The van der Waals surface area contributed by atoms with Crippen molar-refractivity contribution >= 4 is 11.1 Å². The molecule has 2 fully saturated rings. The maximum absolute atomic E-state index is 6.14. The van der Waals surface area contributed by atoms with Crippen molar-refractivity contribution in [2.45, 2.75) is 13.8 Å². The molecule has 4 heteroatoms. The third-order valence-corrected chi connectivity index (χ3v) is 7.64. The SMILES string of the molecule is CC1(COc2ccc(/C(=C(\c3ccccc3)c3ccc(OCC4(C)COC4)cc3)c3ccccc3)cc2)COC1. The molecule has 0 radical (unpaired) electrons. The van der Waals surface area contributed by atoms with E-state index in [9.17, 15) is 0 Å². The predicted molar refractivity (Wildman–Crippen MR) is 160 cm³/mol. The third kappa shape index (κ3) is 5.84. The lowest BCUT2D eigenvalue weighted by molar-refractivity contribution is -0.120. The number of hydrogen-bond donors (Lipinski definition) is 0. The van der Waals surface area contributed by atoms with E-state index in [1.54, 1.807) is 0 Å². The first-order valence-corrected chi connectivity index (χ1v) is 14.0. The standard InChI is InChI=1S/C36H36O4/c1-35(21-37-22-35)25-39-31-17-13-29(14-18-31)33(27-9-5-3-6-10-27)34(28-11-7-4-8-12-28)30-15-19-32(20-16-30)40-26-36(2)23-38-24-36/h3-20H,21-26H2,1-2H3/b34-33+. The highest BCUT2D eigenvalue weighted by Gasteiger charge is 2.35. The van der Waals surface area contributed by atoms with Gasteiger partial charge >= 0.3 is 0 Å². The van der Waals surface area contributed by atoms with Gasteiger partial charge in [0.2, 0.25) is 0 Å². The maximum atomic E-state index is 6.14. The molecule has 2 aliphatic rings. The molecule has 204 valence electrons. The summed E-state index contributed by atoms with van der Waals surface area (Å²) in [7, 11) is 0. The average molecular weight is 533 g/mol. The van der Waals surface area contributed by atoms with Gasteiger partial charge in [0, 0.05) is 10.8 Å². The Morgan fingerprint density at radius 3 is 1.12 bits per heavy atom. The smallest absolute Gasteiger partial charge is 0.119 e. The fourth-order valence-corrected chi connectivity index (χ4v) is 5.14. The summed E-state index contributed by atoms with van der Waals surface area (Å²) in [4.78, 5) is 0. The van der Waals surface area contributed by atoms with E-state index < -0.39 is 0 Å². The van der Waals surface area contributed by atoms with E-state index in [-0.39, 0.29) is 10.8 Å². The Morgan fingerprint density at radius 2 is 0.825 bits per heavy atom. The zero-order valence-electron chi connectivity index (χ0n) is 23.3. The second-order valence-corrected chi connectivity index (χ2v) is 11.7. The lowest BCUT2D eigenvalue weighted by atomic mass is 9.85. The first-order chi connectivity index (χ1) is 19.5. The maximum Gasteiger partial charge on any atom is 0.119 e. The van der Waals surface area contributed by atoms with Gasteiger partial charge in [-0.3, -0.25) is 0 Å². The van der Waals surface area contributed by atoms with Crippen molar-refractivity contribution in [2.24, 2.45) is 10.8 Å². The van der Waals surface area contributed by atoms with Crippen LogP contribution in [0.15, 0.2) is 109 Å². The molecule has 2 heterocycles. The Labute approximate surface area is 237 Å². The molecule has 0 atom stereocenters. The van der Waals surface area contributed by atoms with Gasteiger partial charge in [-0.15, -0.1) is 0 Å². The number of rotatable bonds is 10. The van der Waals surface area contributed by atoms with Crippen molar-refractivity contribution in [1.29, 1.82) is 0 Å². The predicted octanol–water partition coefficient (Wildman–Crippen LogP) is 7.52. The Morgan fingerprint density at radius 1 is 0.500 bits per heavy atom. The molecule has 0 spiro atoms. The van der Waals surface area contributed by atoms with Crippen molar-refractivity contribution in [3.63, 3.8) is 0 Å². The van der Waals surface area contributed by atoms with Crippen molar-refractivity contribution in [3.8, 4) is 11.5 Å². The van der Waals surface area contributed by atoms with Crippen LogP contribution in [0.3, 0.4) is 0 Å². The molecule has 0 unspecified atom stereocenters. The summed E-state index contributed by atoms with van der Waals surface area (Å²) in [6, 6.07) is 38.2. The highest BCUT2D eigenvalue weighted by molar-refractivity contribution is 6.04. The minimum Gasteiger partial charge on any atom is -0.493 e. The normalized spacial score (nSPS) is 17.6. The van der Waals surface area contributed by atoms with Gasteiger partial charge in [-0.2, -0.15) is 0 Å². The van der Waals surface area contributed by atoms with Gasteiger partial charge in [0.05, 0.1) is 39.6 Å². The van der Waals surface area contributed by atoms with Gasteiger partial charge < -0.3 is 18.9 Å². The van der Waals surface area contributed by atoms with Crippen molar-refractivity contribution in [2.75, 3.05) is 39.6 Å². The fourth-order valence-electron chi connectivity index (χ4n) is 5.14. The van der Waals surface area contributed by atoms with Gasteiger partial charge in [0.15, 0.2) is 0 Å². The van der Waals surface area contributed by atoms with E-state index in [2.05, 4.69) is 123 Å². The first kappa shape index (κ1) is 26.4. The van der Waals surface area contributed by atoms with Crippen LogP contribution in [-0.4, -0.2) is 39.6 Å². The summed E-state index contributed by atoms with van der Waals surface area (Å²) < 4.78 is 23.0. The molecule has 0 aliphatic carbocycles. The molecular weight excluding hydrogens is 496 g/mol. The fraction of sp³-hybridized carbons (Fsp3) is 0.278. The Hall–Kier alpha value is -3.86. The molecule has 2 aliphatic heterocycles. The van der Waals surface area contributed by atoms with Crippen molar-refractivity contribution in [1.82, 2.24) is 0 Å². The van der Waals surface area contributed by atoms with E-state index in [1.165, 1.54) is 11.1 Å². The first-order valence-electron chi connectivity index (χ1n) is 14.0. The van der Waals surface area contributed by atoms with Crippen LogP contribution in [0.25, 0.3) is 11.1 Å². The summed E-state index contributed by atoms with van der Waals surface area (Å²) in [5, 5.41) is 0. The van der Waals surface area contributed by atoms with Gasteiger partial charge in [-0.25, -0.2) is 0 Å². The molecule has 2 saturated heterocycles. The molecule has 0 saturated carbocycles. The van der Waals surface area contributed by atoms with Crippen LogP contribution in [0.2, 0.25) is 0 Å². The van der Waals surface area contributed by atoms with Crippen LogP contribution in [0, 0.1) is 10.8 Å². The van der Waals surface area contributed by atoms with Gasteiger partial charge in [-0.05, 0) is 57.7 Å². The molecule has 6 rings (SSSR count). The molecule has 4 nitrogen and oxygen atoms in total. The summed E-state index contributed by atoms with van der Waals surface area (Å²) in [6.07, 6.45) is 0. The molecular formula is C36H36O4. The monoisotopic (exact) mass is 532 g/mol. The van der Waals surface area contributed by atoms with E-state index in [0.29, 0.717) is 13.2 Å². The number of ether oxygens (including phenoxy) is 4. The van der Waals surface area contributed by atoms with E-state index in [1.807, 2.05) is 0 Å². The lowest BCUT2D eigenvalue weighted by Gasteiger charge is -2.37. The molecule has 4 aromatic rings. The van der Waals surface area contributed by atoms with Gasteiger partial charge in [-0.1, -0.05) is 98.8 Å². The van der Waals surface area contributed by atoms with E-state index in [4.69, 9.17) is 18.9 Å². The summed E-state index contributed by atoms with van der Waals surface area (Å²) in [5.74, 6) is 1.75. The van der Waals surface area contributed by atoms with Crippen LogP contribution in [0.4, 0.5) is 0 Å². The Kier molecular flexibility index (Phi) is 7.46. The number of benzene rings is 4. The van der Waals surface area contributed by atoms with Crippen LogP contribution >= 0.6 is 0 Å². The van der Waals surface area contributed by atoms with Crippen molar-refractivity contribution < 1.29 is 18.9 Å². The minimum atomic E-state index is 0.105. The summed E-state index contributed by atoms with van der Waals surface area (Å²) in [6.45, 7) is 8.73. The third-order valence-electron chi connectivity index (χ3n) is 7.64. The van der Waals surface area contributed by atoms with Crippen LogP contribution in [0.5, 0.6) is 11.5 Å². The van der Waals surface area contributed by atoms with Crippen LogP contribution < -0.4 is 9.47 Å². The minimum absolute atomic E-state index is 0.105. The average Bonchev–Trinajstić information content (AvgIpc) is 2.97. The molecule has 40 heavy (non-hydrogen) atoms. The van der Waals surface area contributed by atoms with E-state index in [0.717, 1.165) is 60.2 Å². The molecule has 0 bridgehead atoms. The summed E-state index contributed by atoms with van der Waals surface area (Å²) in [5.41, 5.74) is 7.14. The summed E-state index contributed by atoms with van der Waals surface area (Å²) >= 11 is 0. The molecule has 0 amide bonds. The Bertz CT molecular complexity index is 1320. The van der Waals surface area contributed by atoms with E-state index >= 15 is 0 Å². The molecule has 0 aromatic heterocycles. The van der Waals surface area contributed by atoms with Crippen LogP contribution in [0.1, 0.15) is 36.1 Å². The quantitative estimate of drug-likeness (QED) is 0.198. The number of hydrogen-bond acceptors (Lipinski definition) is 4. The highest BCUT2D eigenvalue weighted by Crippen LogP contribution is 2.38. The van der Waals surface area contributed by atoms with Gasteiger partial charge in [0.1, 0.15) is 11.5 Å². The topological polar surface area (TPSA) is 36.9 Å². The zero-order chi connectivity index (χ0) is 27.4. The molecule has 0 N–H and O–H groups in total. The molecule has 4 aromatic carbocycles. The zero-order valence-corrected chi connectivity index (χ0v) is 23.3. The second-order valence-electron chi connectivity index (χ2n) is 11.7. The van der Waals surface area contributed by atoms with Crippen LogP contribution in [-0.2, 0) is 9.47 Å². The van der Waals surface area contributed by atoms with Crippen molar-refractivity contribution in [3.05, 3.63) is 131 Å². The highest BCUT2D eigenvalue weighted by atomic mass is 16.5.